The molecule has 3 rings (SSSR count). The van der Waals surface area contributed by atoms with Crippen LogP contribution in [0.5, 0.6) is 0 Å². The molecule has 2 aliphatic heterocycles. The van der Waals surface area contributed by atoms with Gasteiger partial charge in [-0.2, -0.15) is 4.31 Å². The van der Waals surface area contributed by atoms with Gasteiger partial charge in [-0.05, 0) is 50.7 Å². The third-order valence-electron chi connectivity index (χ3n) is 5.42. The quantitative estimate of drug-likeness (QED) is 0.673. The van der Waals surface area contributed by atoms with Crippen molar-refractivity contribution in [1.82, 2.24) is 14.2 Å². The van der Waals surface area contributed by atoms with Gasteiger partial charge in [-0.25, -0.2) is 13.4 Å². The first-order valence-corrected chi connectivity index (χ1v) is 12.3. The average molecular weight is 412 g/mol. The van der Waals surface area contributed by atoms with Gasteiger partial charge in [-0.3, -0.25) is 4.79 Å². The van der Waals surface area contributed by atoms with Crippen LogP contribution in [0.3, 0.4) is 0 Å². The van der Waals surface area contributed by atoms with Crippen LogP contribution in [0.1, 0.15) is 51.9 Å². The van der Waals surface area contributed by atoms with Gasteiger partial charge in [-0.15, -0.1) is 0 Å². The van der Waals surface area contributed by atoms with Crippen LogP contribution in [-0.2, 0) is 14.8 Å². The van der Waals surface area contributed by atoms with Crippen molar-refractivity contribution in [3.63, 3.8) is 0 Å². The summed E-state index contributed by atoms with van der Waals surface area (Å²) in [6.45, 7) is 4.15. The topological polar surface area (TPSA) is 70.6 Å². The van der Waals surface area contributed by atoms with Crippen molar-refractivity contribution in [2.75, 3.05) is 25.4 Å². The number of thioether (sulfide) groups is 1. The number of nitrogens with zero attached hydrogens (tertiary/aromatic N) is 3. The van der Waals surface area contributed by atoms with Gasteiger partial charge in [0.2, 0.25) is 15.9 Å². The Morgan fingerprint density at radius 3 is 2.56 bits per heavy atom. The van der Waals surface area contributed by atoms with E-state index in [1.54, 1.807) is 16.4 Å². The van der Waals surface area contributed by atoms with Crippen LogP contribution in [0.25, 0.3) is 0 Å². The molecule has 0 aliphatic carbocycles. The number of amides is 1. The third kappa shape index (κ3) is 5.03. The first-order chi connectivity index (χ1) is 13.0. The predicted molar refractivity (Wildman–Crippen MR) is 107 cm³/mol. The van der Waals surface area contributed by atoms with Crippen molar-refractivity contribution in [1.29, 1.82) is 0 Å². The monoisotopic (exact) mass is 411 g/mol. The number of pyridine rings is 1. The summed E-state index contributed by atoms with van der Waals surface area (Å²) in [5.74, 6) is 0.500. The highest BCUT2D eigenvalue weighted by Gasteiger charge is 2.27. The van der Waals surface area contributed by atoms with E-state index >= 15 is 0 Å². The summed E-state index contributed by atoms with van der Waals surface area (Å²) in [6, 6.07) is 3.68. The van der Waals surface area contributed by atoms with E-state index in [0.717, 1.165) is 45.1 Å². The first kappa shape index (κ1) is 20.6. The third-order valence-corrected chi connectivity index (χ3v) is 8.24. The van der Waals surface area contributed by atoms with Crippen molar-refractivity contribution in [3.8, 4) is 0 Å². The maximum Gasteiger partial charge on any atom is 0.244 e. The molecule has 1 aromatic rings. The normalized spacial score (nSPS) is 22.0. The van der Waals surface area contributed by atoms with E-state index in [9.17, 15) is 13.2 Å². The number of carbonyl (C=O) groups is 1. The van der Waals surface area contributed by atoms with Crippen LogP contribution in [-0.4, -0.2) is 59.9 Å². The minimum absolute atomic E-state index is 0.151. The van der Waals surface area contributed by atoms with Gasteiger partial charge in [0.15, 0.2) is 0 Å². The summed E-state index contributed by atoms with van der Waals surface area (Å²) in [4.78, 5) is 19.1. The van der Waals surface area contributed by atoms with Crippen molar-refractivity contribution in [2.45, 2.75) is 67.8 Å². The van der Waals surface area contributed by atoms with Crippen LogP contribution in [0.2, 0.25) is 0 Å². The summed E-state index contributed by atoms with van der Waals surface area (Å²) < 4.78 is 26.9. The molecule has 150 valence electrons. The van der Waals surface area contributed by atoms with Crippen LogP contribution in [0, 0.1) is 0 Å². The van der Waals surface area contributed by atoms with Crippen molar-refractivity contribution < 1.29 is 13.2 Å². The molecule has 1 unspecified atom stereocenters. The number of hydrogen-bond acceptors (Lipinski definition) is 5. The zero-order chi connectivity index (χ0) is 19.3. The molecular weight excluding hydrogens is 382 g/mol. The average Bonchev–Trinajstić information content (AvgIpc) is 2.73. The van der Waals surface area contributed by atoms with Gasteiger partial charge < -0.3 is 4.90 Å². The standard InChI is InChI=1S/C19H29N3O3S2/c1-2-16-8-4-7-13-22(16)19(23)15-26-18-10-9-17(14-20-18)27(24,25)21-11-5-3-6-12-21/h9-10,14,16H,2-8,11-13,15H2,1H3. The molecule has 2 saturated heterocycles. The molecule has 1 aromatic heterocycles. The molecule has 0 spiro atoms. The summed E-state index contributed by atoms with van der Waals surface area (Å²) in [5, 5.41) is 0.686. The van der Waals surface area contributed by atoms with E-state index in [4.69, 9.17) is 0 Å². The number of aromatic nitrogens is 1. The molecule has 0 saturated carbocycles. The fourth-order valence-corrected chi connectivity index (χ4v) is 6.02. The van der Waals surface area contributed by atoms with Crippen molar-refractivity contribution in [2.24, 2.45) is 0 Å². The molecule has 3 heterocycles. The smallest absolute Gasteiger partial charge is 0.244 e. The van der Waals surface area contributed by atoms with E-state index in [1.807, 2.05) is 4.90 Å². The Morgan fingerprint density at radius 2 is 1.89 bits per heavy atom. The number of carbonyl (C=O) groups excluding carboxylic acids is 1. The fourth-order valence-electron chi connectivity index (χ4n) is 3.83. The largest absolute Gasteiger partial charge is 0.339 e. The lowest BCUT2D eigenvalue weighted by Gasteiger charge is -2.35. The molecule has 27 heavy (non-hydrogen) atoms. The minimum Gasteiger partial charge on any atom is -0.339 e. The van der Waals surface area contributed by atoms with E-state index in [-0.39, 0.29) is 10.8 Å². The van der Waals surface area contributed by atoms with Crippen LogP contribution < -0.4 is 0 Å². The second-order valence-corrected chi connectivity index (χ2v) is 10.2. The molecule has 0 aromatic carbocycles. The zero-order valence-electron chi connectivity index (χ0n) is 16.0. The Morgan fingerprint density at radius 1 is 1.15 bits per heavy atom. The zero-order valence-corrected chi connectivity index (χ0v) is 17.6. The summed E-state index contributed by atoms with van der Waals surface area (Å²) in [7, 11) is -3.45. The predicted octanol–water partition coefficient (Wildman–Crippen LogP) is 3.14. The highest BCUT2D eigenvalue weighted by atomic mass is 32.2. The molecule has 2 aliphatic rings. The Hall–Kier alpha value is -1.12. The summed E-state index contributed by atoms with van der Waals surface area (Å²) >= 11 is 1.38. The van der Waals surface area contributed by atoms with Crippen LogP contribution in [0.15, 0.2) is 28.3 Å². The van der Waals surface area contributed by atoms with Gasteiger partial charge in [-0.1, -0.05) is 25.1 Å². The number of hydrogen-bond donors (Lipinski definition) is 0. The number of likely N-dealkylation sites (tertiary alicyclic amines) is 1. The molecule has 1 amide bonds. The van der Waals surface area contributed by atoms with Crippen molar-refractivity contribution >= 4 is 27.7 Å². The maximum absolute atomic E-state index is 12.7. The van der Waals surface area contributed by atoms with E-state index < -0.39 is 10.0 Å². The highest BCUT2D eigenvalue weighted by Crippen LogP contribution is 2.24. The first-order valence-electron chi connectivity index (χ1n) is 9.91. The molecule has 2 fully saturated rings. The molecule has 0 bridgehead atoms. The maximum atomic E-state index is 12.7. The molecule has 1 atom stereocenters. The second kappa shape index (κ2) is 9.39. The number of piperidine rings is 2. The minimum atomic E-state index is -3.45. The molecule has 0 radical (unpaired) electrons. The van der Waals surface area contributed by atoms with Gasteiger partial charge in [0.1, 0.15) is 4.90 Å². The Kier molecular flexibility index (Phi) is 7.16. The SMILES string of the molecule is CCC1CCCCN1C(=O)CSc1ccc(S(=O)(=O)N2CCCCC2)cn1. The second-order valence-electron chi connectivity index (χ2n) is 7.23. The van der Waals surface area contributed by atoms with E-state index in [1.165, 1.54) is 24.4 Å². The van der Waals surface area contributed by atoms with E-state index in [2.05, 4.69) is 11.9 Å². The Bertz CT molecular complexity index is 731. The van der Waals surface area contributed by atoms with Crippen LogP contribution in [0.4, 0.5) is 0 Å². The van der Waals surface area contributed by atoms with E-state index in [0.29, 0.717) is 29.9 Å². The highest BCUT2D eigenvalue weighted by molar-refractivity contribution is 7.99. The molecular formula is C19H29N3O3S2. The Labute approximate surface area is 166 Å². The number of sulfonamides is 1. The fraction of sp³-hybridized carbons (Fsp3) is 0.684. The van der Waals surface area contributed by atoms with Crippen LogP contribution >= 0.6 is 11.8 Å². The van der Waals surface area contributed by atoms with Crippen molar-refractivity contribution in [3.05, 3.63) is 18.3 Å². The summed E-state index contributed by atoms with van der Waals surface area (Å²) in [6.07, 6.45) is 8.70. The molecule has 8 heteroatoms. The Balaban J connectivity index is 1.58. The lowest BCUT2D eigenvalue weighted by atomic mass is 10.0. The van der Waals surface area contributed by atoms with Gasteiger partial charge >= 0.3 is 0 Å². The van der Waals surface area contributed by atoms with Gasteiger partial charge in [0.25, 0.3) is 0 Å². The summed E-state index contributed by atoms with van der Waals surface area (Å²) in [5.41, 5.74) is 0. The molecule has 0 N–H and O–H groups in total. The van der Waals surface area contributed by atoms with Gasteiger partial charge in [0, 0.05) is 31.9 Å². The molecule has 6 nitrogen and oxygen atoms in total. The lowest BCUT2D eigenvalue weighted by molar-refractivity contribution is -0.132. The van der Waals surface area contributed by atoms with Gasteiger partial charge in [0.05, 0.1) is 10.8 Å². The number of rotatable bonds is 6. The lowest BCUT2D eigenvalue weighted by Crippen LogP contribution is -2.44.